The van der Waals surface area contributed by atoms with E-state index in [0.29, 0.717) is 42.9 Å². The normalized spacial score (nSPS) is 11.1. The number of amides is 1. The Morgan fingerprint density at radius 3 is 2.45 bits per heavy atom. The van der Waals surface area contributed by atoms with Crippen molar-refractivity contribution in [1.82, 2.24) is 4.90 Å². The first kappa shape index (κ1) is 22.4. The van der Waals surface area contributed by atoms with Gasteiger partial charge in [0, 0.05) is 26.1 Å². The maximum atomic E-state index is 13.4. The molecule has 29 heavy (non-hydrogen) atoms. The van der Waals surface area contributed by atoms with Gasteiger partial charge in [-0.1, -0.05) is 18.2 Å². The summed E-state index contributed by atoms with van der Waals surface area (Å²) in [6.45, 7) is 5.96. The molecule has 2 rings (SSSR count). The molecule has 0 aliphatic rings. The minimum atomic E-state index is -0.535. The molecule has 0 aliphatic carbocycles. The molecule has 0 saturated heterocycles. The number of nitrogens with zero attached hydrogens (tertiary/aromatic N) is 1. The Morgan fingerprint density at radius 1 is 1.03 bits per heavy atom. The van der Waals surface area contributed by atoms with Crippen molar-refractivity contribution < 1.29 is 23.5 Å². The van der Waals surface area contributed by atoms with Crippen molar-refractivity contribution in [3.05, 3.63) is 59.9 Å². The summed E-state index contributed by atoms with van der Waals surface area (Å²) in [6, 6.07) is 12.7. The monoisotopic (exact) mass is 401 g/mol. The molecule has 0 saturated carbocycles. The molecule has 156 valence electrons. The Balaban J connectivity index is 1.87. The van der Waals surface area contributed by atoms with E-state index in [2.05, 4.69) is 0 Å². The average Bonchev–Trinajstić information content (AvgIpc) is 2.64. The van der Waals surface area contributed by atoms with Crippen molar-refractivity contribution in [2.75, 3.05) is 13.6 Å². The first-order chi connectivity index (χ1) is 13.7. The standard InChI is InChI=1S/C23H28FNO4/c1-23(2,3)29-22(27)25(4)15-8-7-13-20(26)19-12-5-6-14-21(19)28-18-11-9-10-17(24)16-18/h5-6,9-12,14,16H,7-8,13,15H2,1-4H3. The smallest absolute Gasteiger partial charge is 0.410 e. The van der Waals surface area contributed by atoms with E-state index in [1.54, 1.807) is 43.4 Å². The number of hydrogen-bond donors (Lipinski definition) is 0. The highest BCUT2D eigenvalue weighted by atomic mass is 19.1. The zero-order chi connectivity index (χ0) is 21.4. The number of hydrogen-bond acceptors (Lipinski definition) is 4. The number of ether oxygens (including phenoxy) is 2. The van der Waals surface area contributed by atoms with Gasteiger partial charge in [0.25, 0.3) is 0 Å². The predicted molar refractivity (Wildman–Crippen MR) is 110 cm³/mol. The molecular formula is C23H28FNO4. The van der Waals surface area contributed by atoms with Crippen LogP contribution < -0.4 is 4.74 Å². The first-order valence-electron chi connectivity index (χ1n) is 9.65. The number of benzene rings is 2. The third-order valence-corrected chi connectivity index (χ3v) is 4.06. The molecule has 0 fully saturated rings. The highest BCUT2D eigenvalue weighted by Crippen LogP contribution is 2.27. The number of unbranched alkanes of at least 4 members (excludes halogenated alkanes) is 1. The van der Waals surface area contributed by atoms with Crippen LogP contribution in [0.1, 0.15) is 50.4 Å². The van der Waals surface area contributed by atoms with E-state index in [1.807, 2.05) is 20.8 Å². The maximum absolute atomic E-state index is 13.4. The molecular weight excluding hydrogens is 373 g/mol. The Hall–Kier alpha value is -2.89. The minimum absolute atomic E-state index is 0.0584. The molecule has 2 aromatic carbocycles. The van der Waals surface area contributed by atoms with Gasteiger partial charge in [-0.2, -0.15) is 0 Å². The van der Waals surface area contributed by atoms with Crippen LogP contribution in [0.4, 0.5) is 9.18 Å². The van der Waals surface area contributed by atoms with Crippen molar-refractivity contribution in [1.29, 1.82) is 0 Å². The molecule has 0 aromatic heterocycles. The summed E-state index contributed by atoms with van der Waals surface area (Å²) in [6.07, 6.45) is 1.25. The summed E-state index contributed by atoms with van der Waals surface area (Å²) in [7, 11) is 1.68. The van der Waals surface area contributed by atoms with Gasteiger partial charge in [0.15, 0.2) is 5.78 Å². The maximum Gasteiger partial charge on any atom is 0.410 e. The largest absolute Gasteiger partial charge is 0.457 e. The second-order valence-corrected chi connectivity index (χ2v) is 7.84. The Kier molecular flexibility index (Phi) is 7.76. The van der Waals surface area contributed by atoms with E-state index < -0.39 is 11.4 Å². The molecule has 2 aromatic rings. The molecule has 1 amide bonds. The van der Waals surface area contributed by atoms with E-state index >= 15 is 0 Å². The lowest BCUT2D eigenvalue weighted by Gasteiger charge is -2.24. The number of carbonyl (C=O) groups excluding carboxylic acids is 2. The summed E-state index contributed by atoms with van der Waals surface area (Å²) in [4.78, 5) is 26.1. The van der Waals surface area contributed by atoms with Crippen LogP contribution in [0.3, 0.4) is 0 Å². The van der Waals surface area contributed by atoms with Gasteiger partial charge in [0.1, 0.15) is 22.9 Å². The second-order valence-electron chi connectivity index (χ2n) is 7.84. The Bertz CT molecular complexity index is 845. The summed E-state index contributed by atoms with van der Waals surface area (Å²) < 4.78 is 24.4. The van der Waals surface area contributed by atoms with Crippen molar-refractivity contribution in [2.24, 2.45) is 0 Å². The number of ketones is 1. The summed E-state index contributed by atoms with van der Waals surface area (Å²) >= 11 is 0. The predicted octanol–water partition coefficient (Wildman–Crippen LogP) is 5.84. The van der Waals surface area contributed by atoms with Crippen LogP contribution in [0.5, 0.6) is 11.5 Å². The van der Waals surface area contributed by atoms with Crippen molar-refractivity contribution in [2.45, 2.75) is 45.6 Å². The van der Waals surface area contributed by atoms with Gasteiger partial charge in [-0.3, -0.25) is 4.79 Å². The molecule has 0 N–H and O–H groups in total. The van der Waals surface area contributed by atoms with Crippen molar-refractivity contribution in [3.63, 3.8) is 0 Å². The van der Waals surface area contributed by atoms with Crippen LogP contribution in [0.2, 0.25) is 0 Å². The third kappa shape index (κ3) is 7.56. The van der Waals surface area contributed by atoms with Gasteiger partial charge in [0.2, 0.25) is 0 Å². The van der Waals surface area contributed by atoms with Crippen LogP contribution in [0.15, 0.2) is 48.5 Å². The van der Waals surface area contributed by atoms with E-state index in [4.69, 9.17) is 9.47 Å². The fourth-order valence-electron chi connectivity index (χ4n) is 2.64. The van der Waals surface area contributed by atoms with Gasteiger partial charge in [-0.15, -0.1) is 0 Å². The van der Waals surface area contributed by atoms with Gasteiger partial charge < -0.3 is 14.4 Å². The molecule has 6 heteroatoms. The van der Waals surface area contributed by atoms with Crippen LogP contribution in [0, 0.1) is 5.82 Å². The summed E-state index contributed by atoms with van der Waals surface area (Å²) in [5, 5.41) is 0. The van der Waals surface area contributed by atoms with Gasteiger partial charge in [-0.25, -0.2) is 9.18 Å². The molecule has 0 radical (unpaired) electrons. The van der Waals surface area contributed by atoms with E-state index in [9.17, 15) is 14.0 Å². The zero-order valence-corrected chi connectivity index (χ0v) is 17.4. The SMILES string of the molecule is CN(CCCCC(=O)c1ccccc1Oc1cccc(F)c1)C(=O)OC(C)(C)C. The van der Waals surface area contributed by atoms with Crippen LogP contribution in [-0.2, 0) is 4.74 Å². The number of carbonyl (C=O) groups is 2. The third-order valence-electron chi connectivity index (χ3n) is 4.06. The average molecular weight is 401 g/mol. The lowest BCUT2D eigenvalue weighted by molar-refractivity contribution is 0.0296. The highest BCUT2D eigenvalue weighted by Gasteiger charge is 2.19. The molecule has 0 aliphatic heterocycles. The second kappa shape index (κ2) is 10.0. The number of rotatable bonds is 8. The molecule has 0 unspecified atom stereocenters. The first-order valence-corrected chi connectivity index (χ1v) is 9.65. The van der Waals surface area contributed by atoms with Crippen molar-refractivity contribution in [3.8, 4) is 11.5 Å². The van der Waals surface area contributed by atoms with E-state index in [1.165, 1.54) is 17.0 Å². The number of Topliss-reactive ketones (excluding diaryl/α,β-unsaturated/α-hetero) is 1. The van der Waals surface area contributed by atoms with Gasteiger partial charge in [0.05, 0.1) is 5.56 Å². The summed E-state index contributed by atoms with van der Waals surface area (Å²) in [5.74, 6) is 0.274. The highest BCUT2D eigenvalue weighted by molar-refractivity contribution is 5.98. The number of halogens is 1. The Morgan fingerprint density at radius 2 is 1.76 bits per heavy atom. The quantitative estimate of drug-likeness (QED) is 0.412. The summed E-state index contributed by atoms with van der Waals surface area (Å²) in [5.41, 5.74) is -0.0792. The van der Waals surface area contributed by atoms with Crippen LogP contribution >= 0.6 is 0 Å². The van der Waals surface area contributed by atoms with Crippen LogP contribution in [0.25, 0.3) is 0 Å². The fraction of sp³-hybridized carbons (Fsp3) is 0.391. The molecule has 0 bridgehead atoms. The van der Waals surface area contributed by atoms with E-state index in [-0.39, 0.29) is 11.9 Å². The molecule has 5 nitrogen and oxygen atoms in total. The Labute approximate surface area is 171 Å². The zero-order valence-electron chi connectivity index (χ0n) is 17.4. The molecule has 0 heterocycles. The topological polar surface area (TPSA) is 55.8 Å². The minimum Gasteiger partial charge on any atom is -0.457 e. The fourth-order valence-corrected chi connectivity index (χ4v) is 2.64. The lowest BCUT2D eigenvalue weighted by Crippen LogP contribution is -2.34. The lowest BCUT2D eigenvalue weighted by atomic mass is 10.0. The van der Waals surface area contributed by atoms with E-state index in [0.717, 1.165) is 0 Å². The van der Waals surface area contributed by atoms with Gasteiger partial charge in [-0.05, 0) is 57.9 Å². The molecule has 0 spiro atoms. The number of para-hydroxylation sites is 1. The molecule has 0 atom stereocenters. The van der Waals surface area contributed by atoms with Crippen molar-refractivity contribution >= 4 is 11.9 Å². The van der Waals surface area contributed by atoms with Crippen LogP contribution in [-0.4, -0.2) is 36.0 Å². The van der Waals surface area contributed by atoms with Gasteiger partial charge >= 0.3 is 6.09 Å².